The zero-order chi connectivity index (χ0) is 19.7. The monoisotopic (exact) mass is 526 g/mol. The molecule has 160 valence electrons. The van der Waals surface area contributed by atoms with Crippen LogP contribution in [0.3, 0.4) is 0 Å². The first kappa shape index (κ1) is 23.2. The Morgan fingerprint density at radius 3 is 2.68 bits per heavy atom. The predicted molar refractivity (Wildman–Crippen MR) is 120 cm³/mol. The molecule has 1 saturated heterocycles. The van der Waals surface area contributed by atoms with E-state index in [-0.39, 0.29) is 35.4 Å². The van der Waals surface area contributed by atoms with Crippen LogP contribution in [0.15, 0.2) is 9.79 Å². The van der Waals surface area contributed by atoms with Gasteiger partial charge < -0.3 is 10.2 Å². The van der Waals surface area contributed by atoms with Gasteiger partial charge in [-0.3, -0.25) is 9.56 Å². The number of nitrogens with zero attached hydrogens (tertiary/aromatic N) is 5. The van der Waals surface area contributed by atoms with Crippen molar-refractivity contribution in [2.45, 2.75) is 57.4 Å². The van der Waals surface area contributed by atoms with Gasteiger partial charge in [-0.15, -0.1) is 24.0 Å². The van der Waals surface area contributed by atoms with E-state index in [0.29, 0.717) is 32.1 Å². The molecule has 28 heavy (non-hydrogen) atoms. The van der Waals surface area contributed by atoms with Crippen molar-refractivity contribution in [1.82, 2.24) is 24.6 Å². The third kappa shape index (κ3) is 4.71. The second-order valence-electron chi connectivity index (χ2n) is 7.86. The minimum absolute atomic E-state index is 0. The third-order valence-electron chi connectivity index (χ3n) is 5.42. The number of hydrogen-bond donors (Lipinski definition) is 1. The van der Waals surface area contributed by atoms with Gasteiger partial charge in [0.25, 0.3) is 0 Å². The maximum atomic E-state index is 12.3. The number of fused-ring (bicyclic) bond motifs is 1. The summed E-state index contributed by atoms with van der Waals surface area (Å²) in [4.78, 5) is 18.6. The van der Waals surface area contributed by atoms with Gasteiger partial charge in [0.05, 0.1) is 10.5 Å². The van der Waals surface area contributed by atoms with Crippen LogP contribution in [-0.4, -0.2) is 70.8 Å². The average Bonchev–Trinajstić information content (AvgIpc) is 2.94. The maximum absolute atomic E-state index is 12.3. The SMILES string of the molecule is CN=C(NCCCn1nc2n(c1=O)CCCC2)N1CCS(=O)(=O)C(C)(C)C1.I. The van der Waals surface area contributed by atoms with Gasteiger partial charge in [0.2, 0.25) is 0 Å². The van der Waals surface area contributed by atoms with E-state index in [0.717, 1.165) is 38.1 Å². The molecule has 0 unspecified atom stereocenters. The minimum atomic E-state index is -3.08. The fourth-order valence-corrected chi connectivity index (χ4v) is 5.05. The first-order valence-electron chi connectivity index (χ1n) is 9.59. The molecule has 3 heterocycles. The summed E-state index contributed by atoms with van der Waals surface area (Å²) in [5.74, 6) is 1.73. The summed E-state index contributed by atoms with van der Waals surface area (Å²) in [5, 5.41) is 7.73. The average molecular weight is 526 g/mol. The quantitative estimate of drug-likeness (QED) is 0.265. The molecular weight excluding hydrogens is 495 g/mol. The summed E-state index contributed by atoms with van der Waals surface area (Å²) >= 11 is 0. The normalized spacial score (nSPS) is 21.0. The molecule has 0 atom stereocenters. The lowest BCUT2D eigenvalue weighted by atomic mass is 10.2. The molecule has 0 bridgehead atoms. The Balaban J connectivity index is 0.00000280. The summed E-state index contributed by atoms with van der Waals surface area (Å²) in [6.45, 7) is 6.35. The van der Waals surface area contributed by atoms with E-state index in [2.05, 4.69) is 15.4 Å². The molecule has 0 saturated carbocycles. The van der Waals surface area contributed by atoms with Gasteiger partial charge in [-0.2, -0.15) is 5.10 Å². The summed E-state index contributed by atoms with van der Waals surface area (Å²) in [5.41, 5.74) is -0.0166. The number of guanidine groups is 1. The molecule has 1 fully saturated rings. The summed E-state index contributed by atoms with van der Waals surface area (Å²) in [6.07, 6.45) is 3.75. The van der Waals surface area contributed by atoms with Crippen molar-refractivity contribution >= 4 is 39.8 Å². The van der Waals surface area contributed by atoms with Crippen LogP contribution in [0, 0.1) is 0 Å². The van der Waals surface area contributed by atoms with E-state index in [1.165, 1.54) is 0 Å². The Hall–Kier alpha value is -1.11. The van der Waals surface area contributed by atoms with Gasteiger partial charge >= 0.3 is 5.69 Å². The molecule has 1 N–H and O–H groups in total. The standard InChI is InChI=1S/C17H30N6O3S.HI/c1-17(2)13-21(11-12-27(17,25)26)15(18-3)19-8-6-10-23-16(24)22-9-5-4-7-14(22)20-23;/h4-13H2,1-3H3,(H,18,19);1H. The number of nitrogens with one attached hydrogen (secondary N) is 1. The zero-order valence-corrected chi connectivity index (χ0v) is 20.0. The Morgan fingerprint density at radius 1 is 1.29 bits per heavy atom. The van der Waals surface area contributed by atoms with Crippen LogP contribution >= 0.6 is 24.0 Å². The molecule has 0 aliphatic carbocycles. The minimum Gasteiger partial charge on any atom is -0.356 e. The molecule has 2 aliphatic heterocycles. The zero-order valence-electron chi connectivity index (χ0n) is 16.8. The smallest absolute Gasteiger partial charge is 0.345 e. The molecule has 2 aliphatic rings. The van der Waals surface area contributed by atoms with E-state index in [9.17, 15) is 13.2 Å². The highest BCUT2D eigenvalue weighted by Gasteiger charge is 2.40. The lowest BCUT2D eigenvalue weighted by molar-refractivity contribution is 0.352. The van der Waals surface area contributed by atoms with Gasteiger partial charge in [0.15, 0.2) is 15.8 Å². The van der Waals surface area contributed by atoms with E-state index >= 15 is 0 Å². The number of halogens is 1. The van der Waals surface area contributed by atoms with Crippen LogP contribution in [0.2, 0.25) is 0 Å². The lowest BCUT2D eigenvalue weighted by Crippen LogP contribution is -2.57. The third-order valence-corrected chi connectivity index (χ3v) is 7.95. The Kier molecular flexibility index (Phi) is 7.56. The summed E-state index contributed by atoms with van der Waals surface area (Å²) in [6, 6.07) is 0. The van der Waals surface area contributed by atoms with Crippen LogP contribution in [0.25, 0.3) is 0 Å². The number of aromatic nitrogens is 3. The number of aryl methyl sites for hydroxylation is 2. The highest BCUT2D eigenvalue weighted by Crippen LogP contribution is 2.23. The van der Waals surface area contributed by atoms with Crippen LogP contribution in [-0.2, 0) is 29.3 Å². The van der Waals surface area contributed by atoms with E-state index < -0.39 is 14.6 Å². The first-order chi connectivity index (χ1) is 12.7. The highest BCUT2D eigenvalue weighted by atomic mass is 127. The fraction of sp³-hybridized carbons (Fsp3) is 0.824. The Morgan fingerprint density at radius 2 is 2.04 bits per heavy atom. The van der Waals surface area contributed by atoms with E-state index in [4.69, 9.17) is 0 Å². The van der Waals surface area contributed by atoms with Gasteiger partial charge in [-0.05, 0) is 33.1 Å². The molecule has 11 heteroatoms. The van der Waals surface area contributed by atoms with Crippen LogP contribution in [0.1, 0.15) is 38.9 Å². The van der Waals surface area contributed by atoms with Crippen molar-refractivity contribution in [2.75, 3.05) is 32.4 Å². The van der Waals surface area contributed by atoms with Crippen molar-refractivity contribution in [3.63, 3.8) is 0 Å². The topological polar surface area (TPSA) is 102 Å². The van der Waals surface area contributed by atoms with Crippen molar-refractivity contribution in [1.29, 1.82) is 0 Å². The molecule has 0 spiro atoms. The maximum Gasteiger partial charge on any atom is 0.345 e. The van der Waals surface area contributed by atoms with Gasteiger partial charge in [-0.1, -0.05) is 0 Å². The van der Waals surface area contributed by atoms with Crippen LogP contribution in [0.5, 0.6) is 0 Å². The fourth-order valence-electron chi connectivity index (χ4n) is 3.68. The Labute approximate surface area is 183 Å². The van der Waals surface area contributed by atoms with Gasteiger partial charge in [0.1, 0.15) is 5.82 Å². The highest BCUT2D eigenvalue weighted by molar-refractivity contribution is 14.0. The number of hydrogen-bond acceptors (Lipinski definition) is 5. The molecular formula is C17H31IN6O3S. The van der Waals surface area contributed by atoms with Crippen LogP contribution in [0.4, 0.5) is 0 Å². The predicted octanol–water partition coefficient (Wildman–Crippen LogP) is 0.474. The largest absolute Gasteiger partial charge is 0.356 e. The number of rotatable bonds is 4. The number of sulfone groups is 1. The summed E-state index contributed by atoms with van der Waals surface area (Å²) < 4.78 is 26.9. The van der Waals surface area contributed by atoms with Gasteiger partial charge in [0, 0.05) is 46.2 Å². The van der Waals surface area contributed by atoms with Gasteiger partial charge in [-0.25, -0.2) is 17.9 Å². The van der Waals surface area contributed by atoms with Crippen molar-refractivity contribution in [2.24, 2.45) is 4.99 Å². The van der Waals surface area contributed by atoms with E-state index in [1.807, 2.05) is 4.90 Å². The molecule has 9 nitrogen and oxygen atoms in total. The second-order valence-corrected chi connectivity index (χ2v) is 10.6. The Bertz CT molecular complexity index is 874. The van der Waals surface area contributed by atoms with Crippen molar-refractivity contribution < 1.29 is 8.42 Å². The van der Waals surface area contributed by atoms with Crippen molar-refractivity contribution in [3.05, 3.63) is 16.3 Å². The lowest BCUT2D eigenvalue weighted by Gasteiger charge is -2.39. The van der Waals surface area contributed by atoms with Crippen LogP contribution < -0.4 is 11.0 Å². The number of aliphatic imine (C=N–C) groups is 1. The summed E-state index contributed by atoms with van der Waals surface area (Å²) in [7, 11) is -1.38. The van der Waals surface area contributed by atoms with E-state index in [1.54, 1.807) is 30.1 Å². The first-order valence-corrected chi connectivity index (χ1v) is 11.2. The molecule has 1 aromatic heterocycles. The second kappa shape index (κ2) is 9.14. The molecule has 0 amide bonds. The molecule has 3 rings (SSSR count). The van der Waals surface area contributed by atoms with Crippen molar-refractivity contribution in [3.8, 4) is 0 Å². The molecule has 1 aromatic rings. The molecule has 0 radical (unpaired) electrons. The molecule has 0 aromatic carbocycles.